The molecule has 0 aromatic heterocycles. The van der Waals surface area contributed by atoms with Crippen molar-refractivity contribution in [2.24, 2.45) is 10.9 Å². The van der Waals surface area contributed by atoms with Crippen LogP contribution in [-0.4, -0.2) is 5.71 Å². The summed E-state index contributed by atoms with van der Waals surface area (Å²) in [4.78, 5) is 5.26. The summed E-state index contributed by atoms with van der Waals surface area (Å²) in [6.07, 6.45) is 2.00. The second kappa shape index (κ2) is 8.21. The predicted octanol–water partition coefficient (Wildman–Crippen LogP) is 8.68. The van der Waals surface area contributed by atoms with Gasteiger partial charge in [0.25, 0.3) is 0 Å². The molecule has 6 aromatic carbocycles. The molecular formula is C34H25N. The van der Waals surface area contributed by atoms with Gasteiger partial charge in [0.05, 0.1) is 11.4 Å². The molecule has 6 aromatic rings. The zero-order chi connectivity index (χ0) is 23.2. The molecule has 0 radical (unpaired) electrons. The molecule has 1 unspecified atom stereocenters. The van der Waals surface area contributed by atoms with Gasteiger partial charge in [-0.1, -0.05) is 109 Å². The van der Waals surface area contributed by atoms with Crippen molar-refractivity contribution in [3.05, 3.63) is 138 Å². The van der Waals surface area contributed by atoms with Crippen LogP contribution < -0.4 is 0 Å². The number of hydrogen-bond acceptors (Lipinski definition) is 1. The minimum Gasteiger partial charge on any atom is -0.252 e. The lowest BCUT2D eigenvalue weighted by atomic mass is 9.82. The summed E-state index contributed by atoms with van der Waals surface area (Å²) in [5.41, 5.74) is 6.24. The fraction of sp³-hybridized carbons (Fsp3) is 0.0882. The van der Waals surface area contributed by atoms with Gasteiger partial charge in [0.2, 0.25) is 0 Å². The van der Waals surface area contributed by atoms with E-state index in [1.54, 1.807) is 0 Å². The largest absolute Gasteiger partial charge is 0.252 e. The van der Waals surface area contributed by atoms with Crippen LogP contribution in [0.1, 0.15) is 16.7 Å². The molecule has 0 saturated carbocycles. The van der Waals surface area contributed by atoms with Crippen LogP contribution in [0.2, 0.25) is 0 Å². The number of para-hydroxylation sites is 1. The first-order valence-electron chi connectivity index (χ1n) is 12.4. The second-order valence-corrected chi connectivity index (χ2v) is 9.60. The van der Waals surface area contributed by atoms with Gasteiger partial charge in [-0.25, -0.2) is 0 Å². The lowest BCUT2D eigenvalue weighted by Crippen LogP contribution is -2.24. The molecule has 0 saturated heterocycles. The number of nitrogens with zero attached hydrogens (tertiary/aromatic N) is 1. The number of aliphatic imine (C=N–C) groups is 1. The van der Waals surface area contributed by atoms with Gasteiger partial charge in [-0.05, 0) is 74.0 Å². The van der Waals surface area contributed by atoms with Crippen LogP contribution in [0, 0.1) is 5.92 Å². The SMILES string of the molecule is c1ccc(CC2Cc3ccccc3N=C2c2ccc3ccc4ccc5ccccc5c4c3c2)cc1. The highest BCUT2D eigenvalue weighted by Crippen LogP contribution is 2.36. The molecule has 0 fully saturated rings. The fourth-order valence-electron chi connectivity index (χ4n) is 5.73. The molecule has 1 heteroatoms. The Bertz CT molecular complexity index is 1740. The highest BCUT2D eigenvalue weighted by Gasteiger charge is 2.25. The molecule has 1 heterocycles. The highest BCUT2D eigenvalue weighted by atomic mass is 14.8. The first kappa shape index (κ1) is 20.2. The molecule has 1 atom stereocenters. The Balaban J connectivity index is 1.44. The van der Waals surface area contributed by atoms with E-state index >= 15 is 0 Å². The summed E-state index contributed by atoms with van der Waals surface area (Å²) in [6, 6.07) is 44.0. The van der Waals surface area contributed by atoms with E-state index in [0.717, 1.165) is 18.5 Å². The van der Waals surface area contributed by atoms with Crippen molar-refractivity contribution >= 4 is 43.7 Å². The summed E-state index contributed by atoms with van der Waals surface area (Å²) in [7, 11) is 0. The molecule has 1 aliphatic heterocycles. The van der Waals surface area contributed by atoms with E-state index in [1.807, 2.05) is 0 Å². The van der Waals surface area contributed by atoms with E-state index in [2.05, 4.69) is 121 Å². The van der Waals surface area contributed by atoms with E-state index in [1.165, 1.54) is 54.7 Å². The van der Waals surface area contributed by atoms with E-state index < -0.39 is 0 Å². The summed E-state index contributed by atoms with van der Waals surface area (Å²) in [5, 5.41) is 7.78. The quantitative estimate of drug-likeness (QED) is 0.241. The third-order valence-electron chi connectivity index (χ3n) is 7.43. The molecule has 0 bridgehead atoms. The predicted molar refractivity (Wildman–Crippen MR) is 149 cm³/mol. The monoisotopic (exact) mass is 447 g/mol. The van der Waals surface area contributed by atoms with Crippen LogP contribution in [0.4, 0.5) is 5.69 Å². The Morgan fingerprint density at radius 2 is 1.29 bits per heavy atom. The molecular weight excluding hydrogens is 422 g/mol. The maximum absolute atomic E-state index is 5.26. The van der Waals surface area contributed by atoms with Crippen LogP contribution in [0.5, 0.6) is 0 Å². The molecule has 0 aliphatic carbocycles. The van der Waals surface area contributed by atoms with Crippen LogP contribution >= 0.6 is 0 Å². The Labute approximate surface area is 205 Å². The van der Waals surface area contributed by atoms with Crippen molar-refractivity contribution in [3.63, 3.8) is 0 Å². The van der Waals surface area contributed by atoms with Gasteiger partial charge in [0.15, 0.2) is 0 Å². The molecule has 1 aliphatic rings. The normalized spacial score (nSPS) is 15.3. The zero-order valence-electron chi connectivity index (χ0n) is 19.5. The Morgan fingerprint density at radius 3 is 2.17 bits per heavy atom. The number of benzene rings is 6. The molecule has 166 valence electrons. The summed E-state index contributed by atoms with van der Waals surface area (Å²) in [6.45, 7) is 0. The molecule has 0 amide bonds. The van der Waals surface area contributed by atoms with Crippen molar-refractivity contribution in [2.45, 2.75) is 12.8 Å². The maximum atomic E-state index is 5.26. The van der Waals surface area contributed by atoms with E-state index in [0.29, 0.717) is 5.92 Å². The second-order valence-electron chi connectivity index (χ2n) is 9.60. The first-order valence-corrected chi connectivity index (χ1v) is 12.4. The third kappa shape index (κ3) is 3.52. The van der Waals surface area contributed by atoms with E-state index in [4.69, 9.17) is 4.99 Å². The van der Waals surface area contributed by atoms with Crippen molar-refractivity contribution in [2.75, 3.05) is 0 Å². The number of fused-ring (bicyclic) bond motifs is 6. The molecule has 35 heavy (non-hydrogen) atoms. The fourth-order valence-corrected chi connectivity index (χ4v) is 5.73. The summed E-state index contributed by atoms with van der Waals surface area (Å²) < 4.78 is 0. The van der Waals surface area contributed by atoms with Gasteiger partial charge in [-0.15, -0.1) is 0 Å². The number of rotatable bonds is 3. The van der Waals surface area contributed by atoms with Crippen molar-refractivity contribution in [1.29, 1.82) is 0 Å². The van der Waals surface area contributed by atoms with Gasteiger partial charge in [0, 0.05) is 5.92 Å². The molecule has 7 rings (SSSR count). The molecule has 1 nitrogen and oxygen atoms in total. The Hall–Kier alpha value is -4.23. The summed E-state index contributed by atoms with van der Waals surface area (Å²) >= 11 is 0. The van der Waals surface area contributed by atoms with Crippen LogP contribution in [-0.2, 0) is 12.8 Å². The topological polar surface area (TPSA) is 12.4 Å². The van der Waals surface area contributed by atoms with Crippen LogP contribution in [0.15, 0.2) is 126 Å². The third-order valence-corrected chi connectivity index (χ3v) is 7.43. The average Bonchev–Trinajstić information content (AvgIpc) is 2.92. The van der Waals surface area contributed by atoms with Crippen LogP contribution in [0.25, 0.3) is 32.3 Å². The lowest BCUT2D eigenvalue weighted by molar-refractivity contribution is 0.674. The average molecular weight is 448 g/mol. The smallest absolute Gasteiger partial charge is 0.0665 e. The van der Waals surface area contributed by atoms with Crippen LogP contribution in [0.3, 0.4) is 0 Å². The molecule has 0 N–H and O–H groups in total. The maximum Gasteiger partial charge on any atom is 0.0665 e. The van der Waals surface area contributed by atoms with Gasteiger partial charge in [-0.3, -0.25) is 4.99 Å². The van der Waals surface area contributed by atoms with Gasteiger partial charge in [-0.2, -0.15) is 0 Å². The van der Waals surface area contributed by atoms with Gasteiger partial charge < -0.3 is 0 Å². The molecule has 0 spiro atoms. The Kier molecular flexibility index (Phi) is 4.73. The van der Waals surface area contributed by atoms with Gasteiger partial charge >= 0.3 is 0 Å². The Morgan fingerprint density at radius 1 is 0.600 bits per heavy atom. The van der Waals surface area contributed by atoms with E-state index in [-0.39, 0.29) is 0 Å². The minimum absolute atomic E-state index is 0.344. The first-order chi connectivity index (χ1) is 17.3. The summed E-state index contributed by atoms with van der Waals surface area (Å²) in [5.74, 6) is 0.344. The standard InChI is InChI=1S/C34H25N/c1-2-8-23(9-3-1)20-29-21-27-11-5-7-13-32(27)35-34(29)28-19-16-25-15-18-26-17-14-24-10-4-6-12-30(24)33(26)31(25)22-28/h1-19,22,29H,20-21H2. The van der Waals surface area contributed by atoms with Gasteiger partial charge in [0.1, 0.15) is 0 Å². The van der Waals surface area contributed by atoms with Crippen molar-refractivity contribution < 1.29 is 0 Å². The number of hydrogen-bond donors (Lipinski definition) is 0. The zero-order valence-corrected chi connectivity index (χ0v) is 19.5. The lowest BCUT2D eigenvalue weighted by Gasteiger charge is -2.26. The highest BCUT2D eigenvalue weighted by molar-refractivity contribution is 6.21. The minimum atomic E-state index is 0.344. The van der Waals surface area contributed by atoms with Crippen molar-refractivity contribution in [1.82, 2.24) is 0 Å². The van der Waals surface area contributed by atoms with Crippen molar-refractivity contribution in [3.8, 4) is 0 Å². The van der Waals surface area contributed by atoms with E-state index in [9.17, 15) is 0 Å².